The second-order valence-electron chi connectivity index (χ2n) is 14.6. The molecule has 2 nitrogen and oxygen atoms in total. The summed E-state index contributed by atoms with van der Waals surface area (Å²) in [7, 11) is -4.78. The van der Waals surface area contributed by atoms with Crippen LogP contribution in [0.25, 0.3) is 54.6 Å². The van der Waals surface area contributed by atoms with E-state index in [1.54, 1.807) is 0 Å². The fourth-order valence-electron chi connectivity index (χ4n) is 8.08. The monoisotopic (exact) mass is 1050 g/mol. The van der Waals surface area contributed by atoms with Crippen LogP contribution >= 0.6 is 0 Å². The van der Waals surface area contributed by atoms with Crippen LogP contribution in [0.4, 0.5) is 119 Å². The zero-order chi connectivity index (χ0) is 52.6. The molecule has 9 rings (SSSR count). The van der Waals surface area contributed by atoms with Gasteiger partial charge in [-0.15, -0.1) is 0 Å². The van der Waals surface area contributed by atoms with E-state index in [0.717, 1.165) is 0 Å². The summed E-state index contributed by atoms with van der Waals surface area (Å²) in [5.41, 5.74) is -20.9. The second kappa shape index (κ2) is 15.5. The molecule has 0 saturated carbocycles. The van der Waals surface area contributed by atoms with Crippen LogP contribution in [0, 0.1) is 145 Å². The number of halogens is 27. The Morgan fingerprint density at radius 2 is 0.507 bits per heavy atom. The Morgan fingerprint density at radius 1 is 0.225 bits per heavy atom. The third-order valence-electron chi connectivity index (χ3n) is 11.1. The molecule has 0 radical (unpaired) electrons. The van der Waals surface area contributed by atoms with Gasteiger partial charge in [-0.1, -0.05) is 0 Å². The van der Waals surface area contributed by atoms with E-state index in [1.165, 1.54) is 0 Å². The van der Waals surface area contributed by atoms with Crippen molar-refractivity contribution < 1.29 is 128 Å². The molecular weight excluding hydrogens is 1050 g/mol. The van der Waals surface area contributed by atoms with Gasteiger partial charge in [0.25, 0.3) is 0 Å². The summed E-state index contributed by atoms with van der Waals surface area (Å²) in [5, 5.41) is -14.0. The molecule has 30 heteroatoms. The highest BCUT2D eigenvalue weighted by atomic mass is 19.3. The molecule has 0 aliphatic heterocycles. The van der Waals surface area contributed by atoms with Gasteiger partial charge in [0.05, 0.1) is 43.7 Å². The van der Waals surface area contributed by atoms with E-state index in [1.807, 2.05) is 0 Å². The van der Waals surface area contributed by atoms with E-state index >= 15 is 87.8 Å². The topological polar surface area (TPSA) is 18.5 Å². The van der Waals surface area contributed by atoms with Crippen LogP contribution in [-0.4, -0.2) is 7.12 Å². The Morgan fingerprint density at radius 3 is 0.986 bits per heavy atom. The number of fused-ring (bicyclic) bond motifs is 3. The standard InChI is InChI=1S/C41BF27O2/c43-14-3-4-12(26(55)34(63)30(59)15(4)44)41(68,69)11(3)13(27(56)29(14)58)42(71-40-10(25(54)33(62)36(65)38(40)67)8-21(50)31(60)35(64)32(61)22(8)51)70-39-9-2-1-5(16(45)17(46)7(2)23(52)37(39)66)19(48)28(57)20(49)6(1)18(47)24(9)53. The van der Waals surface area contributed by atoms with Gasteiger partial charge in [-0.05, 0) is 0 Å². The number of hydrogen-bond donors (Lipinski definition) is 0. The molecular formula is C41BF27O2. The van der Waals surface area contributed by atoms with Crippen LogP contribution in [0.15, 0.2) is 0 Å². The van der Waals surface area contributed by atoms with E-state index in [-0.39, 0.29) is 0 Å². The Balaban J connectivity index is 1.48. The maximum absolute atomic E-state index is 16.5. The van der Waals surface area contributed by atoms with Crippen molar-refractivity contribution in [2.45, 2.75) is 5.92 Å². The molecule has 8 aromatic carbocycles. The summed E-state index contributed by atoms with van der Waals surface area (Å²) in [5.74, 6) is -92.9. The molecule has 0 unspecified atom stereocenters. The molecule has 0 saturated heterocycles. The van der Waals surface area contributed by atoms with Crippen molar-refractivity contribution in [3.05, 3.63) is 157 Å². The van der Waals surface area contributed by atoms with Gasteiger partial charge in [0.1, 0.15) is 0 Å². The number of benzene rings is 8. The lowest BCUT2D eigenvalue weighted by Gasteiger charge is -2.26. The first-order valence-electron chi connectivity index (χ1n) is 18.0. The third-order valence-corrected chi connectivity index (χ3v) is 11.1. The lowest BCUT2D eigenvalue weighted by atomic mass is 9.72. The van der Waals surface area contributed by atoms with Crippen molar-refractivity contribution >= 4 is 44.9 Å². The second-order valence-corrected chi connectivity index (χ2v) is 14.6. The molecule has 0 spiro atoms. The molecule has 71 heavy (non-hydrogen) atoms. The highest BCUT2D eigenvalue weighted by molar-refractivity contribution is 6.64. The van der Waals surface area contributed by atoms with E-state index in [9.17, 15) is 30.7 Å². The minimum Gasteiger partial charge on any atom is -0.519 e. The van der Waals surface area contributed by atoms with Gasteiger partial charge < -0.3 is 9.31 Å². The van der Waals surface area contributed by atoms with Crippen molar-refractivity contribution in [3.8, 4) is 33.8 Å². The number of hydrogen-bond acceptors (Lipinski definition) is 2. The highest BCUT2D eigenvalue weighted by Gasteiger charge is 2.58. The van der Waals surface area contributed by atoms with Gasteiger partial charge in [-0.3, -0.25) is 0 Å². The van der Waals surface area contributed by atoms with Crippen LogP contribution in [0.5, 0.6) is 11.5 Å². The average Bonchev–Trinajstić information content (AvgIpc) is 3.57. The molecule has 368 valence electrons. The van der Waals surface area contributed by atoms with Gasteiger partial charge in [0.2, 0.25) is 17.5 Å². The van der Waals surface area contributed by atoms with Crippen molar-refractivity contribution in [1.82, 2.24) is 0 Å². The smallest absolute Gasteiger partial charge is 0.519 e. The van der Waals surface area contributed by atoms with E-state index in [2.05, 4.69) is 9.31 Å². The Kier molecular flexibility index (Phi) is 10.6. The summed E-state index contributed by atoms with van der Waals surface area (Å²) in [6.45, 7) is 0. The highest BCUT2D eigenvalue weighted by Crippen LogP contribution is 2.56. The Bertz CT molecular complexity index is 3760. The van der Waals surface area contributed by atoms with Gasteiger partial charge >= 0.3 is 13.0 Å². The molecule has 0 fully saturated rings. The molecule has 0 amide bonds. The number of alkyl halides is 2. The lowest BCUT2D eigenvalue weighted by molar-refractivity contribution is 0.0433. The van der Waals surface area contributed by atoms with Gasteiger partial charge in [0, 0.05) is 27.5 Å². The fraction of sp³-hybridized carbons (Fsp3) is 0.0244. The van der Waals surface area contributed by atoms with E-state index in [0.29, 0.717) is 0 Å². The van der Waals surface area contributed by atoms with E-state index in [4.69, 9.17) is 0 Å². The summed E-state index contributed by atoms with van der Waals surface area (Å²) in [4.78, 5) is 0. The predicted octanol–water partition coefficient (Wildman–Crippen LogP) is 13.7. The summed E-state index contributed by atoms with van der Waals surface area (Å²) >= 11 is 0. The zero-order valence-electron chi connectivity index (χ0n) is 32.1. The first kappa shape index (κ1) is 48.6. The SMILES string of the molecule is Fc1c(F)c(F)c(-c2c(F)c(F)c(F)c(F)c2OB(Oc2c(F)c(F)c3c(F)c(F)c4c(F)c(F)c(F)c5c(F)c(F)c2c3c45)c2c(F)c(F)c(F)c3c2C(F)(F)c2c(F)c(F)c(F)c(F)c2-3)c(F)c1F. The summed E-state index contributed by atoms with van der Waals surface area (Å²) < 4.78 is 425. The first-order valence-corrected chi connectivity index (χ1v) is 18.0. The van der Waals surface area contributed by atoms with Crippen molar-refractivity contribution in [2.24, 2.45) is 0 Å². The minimum atomic E-state index is -6.09. The van der Waals surface area contributed by atoms with E-state index < -0.39 is 241 Å². The zero-order valence-corrected chi connectivity index (χ0v) is 32.1. The minimum absolute atomic E-state index is 2.09. The summed E-state index contributed by atoms with van der Waals surface area (Å²) in [6, 6.07) is 0. The van der Waals surface area contributed by atoms with Gasteiger partial charge in [-0.25, -0.2) is 101 Å². The fourth-order valence-corrected chi connectivity index (χ4v) is 8.08. The summed E-state index contributed by atoms with van der Waals surface area (Å²) in [6.07, 6.45) is 0. The van der Waals surface area contributed by atoms with Gasteiger partial charge in [0.15, 0.2) is 139 Å². The normalized spacial score (nSPS) is 13.1. The van der Waals surface area contributed by atoms with Crippen molar-refractivity contribution in [1.29, 1.82) is 0 Å². The average molecular weight is 1050 g/mol. The van der Waals surface area contributed by atoms with Crippen LogP contribution in [0.1, 0.15) is 11.1 Å². The molecule has 0 bridgehead atoms. The number of rotatable bonds is 6. The Labute approximate surface area is 369 Å². The molecule has 0 atom stereocenters. The van der Waals surface area contributed by atoms with Gasteiger partial charge in [-0.2, -0.15) is 17.6 Å². The molecule has 1 aliphatic carbocycles. The van der Waals surface area contributed by atoms with Crippen molar-refractivity contribution in [2.75, 3.05) is 0 Å². The molecule has 1 aliphatic rings. The molecule has 0 N–H and O–H groups in total. The maximum atomic E-state index is 16.5. The van der Waals surface area contributed by atoms with Crippen LogP contribution < -0.4 is 14.8 Å². The molecule has 0 heterocycles. The maximum Gasteiger partial charge on any atom is 0.636 e. The lowest BCUT2D eigenvalue weighted by Crippen LogP contribution is -2.49. The molecule has 8 aromatic rings. The Hall–Kier alpha value is -7.43. The van der Waals surface area contributed by atoms with Crippen molar-refractivity contribution in [3.63, 3.8) is 0 Å². The van der Waals surface area contributed by atoms with Crippen LogP contribution in [0.3, 0.4) is 0 Å². The third kappa shape index (κ3) is 5.94. The van der Waals surface area contributed by atoms with Crippen LogP contribution in [0.2, 0.25) is 0 Å². The largest absolute Gasteiger partial charge is 0.636 e. The predicted molar refractivity (Wildman–Crippen MR) is 182 cm³/mol. The molecule has 0 aromatic heterocycles. The van der Waals surface area contributed by atoms with Crippen LogP contribution in [-0.2, 0) is 5.92 Å². The first-order chi connectivity index (χ1) is 33.0. The quantitative estimate of drug-likeness (QED) is 0.0543.